The molecule has 0 bridgehead atoms. The number of aromatic nitrogens is 2. The molecule has 0 fully saturated rings. The minimum atomic E-state index is 0.0776. The Hall–Kier alpha value is -1.13. The van der Waals surface area contributed by atoms with Crippen LogP contribution in [0.4, 0.5) is 0 Å². The van der Waals surface area contributed by atoms with Crippen molar-refractivity contribution < 1.29 is 5.11 Å². The molecule has 0 aliphatic rings. The van der Waals surface area contributed by atoms with E-state index in [0.29, 0.717) is 5.92 Å². The van der Waals surface area contributed by atoms with E-state index in [-0.39, 0.29) is 6.61 Å². The lowest BCUT2D eigenvalue weighted by molar-refractivity contribution is 0.271. The fourth-order valence-electron chi connectivity index (χ4n) is 1.58. The Kier molecular flexibility index (Phi) is 3.41. The van der Waals surface area contributed by atoms with E-state index in [1.807, 2.05) is 22.9 Å². The first-order valence-electron chi connectivity index (χ1n) is 5.40. The number of hydrogen-bond acceptors (Lipinski definition) is 3. The van der Waals surface area contributed by atoms with Crippen LogP contribution in [0.1, 0.15) is 36.2 Å². The van der Waals surface area contributed by atoms with Crippen LogP contribution in [0.15, 0.2) is 23.7 Å². The SMILES string of the molecule is CC(C)c1nc(Cn2cccc2CO)cs1. The Balaban J connectivity index is 2.14. The molecule has 0 radical (unpaired) electrons. The average molecular weight is 236 g/mol. The van der Waals surface area contributed by atoms with Gasteiger partial charge in [-0.15, -0.1) is 11.3 Å². The van der Waals surface area contributed by atoms with Gasteiger partial charge in [0.2, 0.25) is 0 Å². The molecule has 86 valence electrons. The van der Waals surface area contributed by atoms with Crippen LogP contribution in [0, 0.1) is 0 Å². The van der Waals surface area contributed by atoms with E-state index in [9.17, 15) is 0 Å². The normalized spacial score (nSPS) is 11.2. The highest BCUT2D eigenvalue weighted by atomic mass is 32.1. The van der Waals surface area contributed by atoms with E-state index >= 15 is 0 Å². The molecule has 4 heteroatoms. The Morgan fingerprint density at radius 3 is 2.94 bits per heavy atom. The van der Waals surface area contributed by atoms with Crippen LogP contribution in [-0.4, -0.2) is 14.7 Å². The lowest BCUT2D eigenvalue weighted by Crippen LogP contribution is -2.03. The fourth-order valence-corrected chi connectivity index (χ4v) is 2.41. The molecule has 2 rings (SSSR count). The minimum Gasteiger partial charge on any atom is -0.390 e. The standard InChI is InChI=1S/C12H16N2OS/c1-9(2)12-13-10(8-16-12)6-14-5-3-4-11(14)7-15/h3-5,8-9,15H,6-7H2,1-2H3. The summed E-state index contributed by atoms with van der Waals surface area (Å²) in [7, 11) is 0. The van der Waals surface area contributed by atoms with Crippen LogP contribution in [0.3, 0.4) is 0 Å². The second-order valence-corrected chi connectivity index (χ2v) is 5.01. The van der Waals surface area contributed by atoms with Crippen molar-refractivity contribution in [3.8, 4) is 0 Å². The van der Waals surface area contributed by atoms with Gasteiger partial charge in [0, 0.05) is 23.2 Å². The first-order valence-corrected chi connectivity index (χ1v) is 6.28. The van der Waals surface area contributed by atoms with Crippen LogP contribution < -0.4 is 0 Å². The Morgan fingerprint density at radius 2 is 2.31 bits per heavy atom. The average Bonchev–Trinajstić information content (AvgIpc) is 2.87. The summed E-state index contributed by atoms with van der Waals surface area (Å²) in [5.74, 6) is 0.487. The minimum absolute atomic E-state index is 0.0776. The maximum absolute atomic E-state index is 9.14. The van der Waals surface area contributed by atoms with Crippen molar-refractivity contribution in [1.29, 1.82) is 0 Å². The molecular formula is C12H16N2OS. The molecule has 0 atom stereocenters. The fraction of sp³-hybridized carbons (Fsp3) is 0.417. The van der Waals surface area contributed by atoms with Crippen molar-refractivity contribution in [3.63, 3.8) is 0 Å². The van der Waals surface area contributed by atoms with Crippen LogP contribution in [0.5, 0.6) is 0 Å². The summed E-state index contributed by atoms with van der Waals surface area (Å²) in [5, 5.41) is 12.4. The summed E-state index contributed by atoms with van der Waals surface area (Å²) >= 11 is 1.71. The van der Waals surface area contributed by atoms with Crippen LogP contribution in [-0.2, 0) is 13.2 Å². The summed E-state index contributed by atoms with van der Waals surface area (Å²) in [5.41, 5.74) is 2.00. The van der Waals surface area contributed by atoms with Crippen LogP contribution in [0.25, 0.3) is 0 Å². The zero-order valence-electron chi connectivity index (χ0n) is 9.55. The van der Waals surface area contributed by atoms with Crippen LogP contribution in [0.2, 0.25) is 0 Å². The van der Waals surface area contributed by atoms with Crippen molar-refractivity contribution in [1.82, 2.24) is 9.55 Å². The smallest absolute Gasteiger partial charge is 0.0954 e. The molecule has 0 saturated carbocycles. The second kappa shape index (κ2) is 4.80. The molecule has 2 heterocycles. The van der Waals surface area contributed by atoms with Gasteiger partial charge in [-0.1, -0.05) is 13.8 Å². The van der Waals surface area contributed by atoms with E-state index in [2.05, 4.69) is 24.2 Å². The lowest BCUT2D eigenvalue weighted by Gasteiger charge is -2.04. The van der Waals surface area contributed by atoms with Gasteiger partial charge in [-0.3, -0.25) is 0 Å². The molecule has 16 heavy (non-hydrogen) atoms. The molecule has 2 aromatic rings. The highest BCUT2D eigenvalue weighted by Gasteiger charge is 2.07. The zero-order chi connectivity index (χ0) is 11.5. The summed E-state index contributed by atoms with van der Waals surface area (Å²) in [6.07, 6.45) is 1.97. The molecular weight excluding hydrogens is 220 g/mol. The maximum Gasteiger partial charge on any atom is 0.0954 e. The molecule has 0 saturated heterocycles. The van der Waals surface area contributed by atoms with Gasteiger partial charge in [0.1, 0.15) is 0 Å². The predicted octanol–water partition coefficient (Wildman–Crippen LogP) is 2.61. The van der Waals surface area contributed by atoms with Gasteiger partial charge in [0.15, 0.2) is 0 Å². The van der Waals surface area contributed by atoms with Gasteiger partial charge < -0.3 is 9.67 Å². The van der Waals surface area contributed by atoms with E-state index in [1.165, 1.54) is 5.01 Å². The Bertz CT molecular complexity index is 459. The first-order chi connectivity index (χ1) is 7.70. The first kappa shape index (κ1) is 11.4. The highest BCUT2D eigenvalue weighted by Crippen LogP contribution is 2.20. The van der Waals surface area contributed by atoms with Crippen molar-refractivity contribution >= 4 is 11.3 Å². The number of thiazole rings is 1. The summed E-state index contributed by atoms with van der Waals surface area (Å²) < 4.78 is 2.03. The quantitative estimate of drug-likeness (QED) is 0.886. The largest absolute Gasteiger partial charge is 0.390 e. The Labute approximate surface area is 99.4 Å². The molecule has 0 aromatic carbocycles. The van der Waals surface area contributed by atoms with Gasteiger partial charge >= 0.3 is 0 Å². The van der Waals surface area contributed by atoms with Gasteiger partial charge in [0.25, 0.3) is 0 Å². The van der Waals surface area contributed by atoms with E-state index in [4.69, 9.17) is 5.11 Å². The molecule has 0 aliphatic carbocycles. The van der Waals surface area contributed by atoms with Crippen molar-refractivity contribution in [3.05, 3.63) is 40.1 Å². The van der Waals surface area contributed by atoms with Crippen LogP contribution >= 0.6 is 11.3 Å². The van der Waals surface area contributed by atoms with E-state index < -0.39 is 0 Å². The summed E-state index contributed by atoms with van der Waals surface area (Å²) in [6.45, 7) is 5.12. The van der Waals surface area contributed by atoms with Gasteiger partial charge in [-0.25, -0.2) is 4.98 Å². The zero-order valence-corrected chi connectivity index (χ0v) is 10.4. The molecule has 0 unspecified atom stereocenters. The number of rotatable bonds is 4. The topological polar surface area (TPSA) is 38.0 Å². The molecule has 0 aliphatic heterocycles. The lowest BCUT2D eigenvalue weighted by atomic mass is 10.2. The molecule has 0 spiro atoms. The van der Waals surface area contributed by atoms with Crippen molar-refractivity contribution in [2.24, 2.45) is 0 Å². The number of nitrogens with zero attached hydrogens (tertiary/aromatic N) is 2. The van der Waals surface area contributed by atoms with Gasteiger partial charge in [-0.2, -0.15) is 0 Å². The molecule has 1 N–H and O–H groups in total. The highest BCUT2D eigenvalue weighted by molar-refractivity contribution is 7.09. The van der Waals surface area contributed by atoms with Crippen molar-refractivity contribution in [2.45, 2.75) is 32.9 Å². The molecule has 0 amide bonds. The van der Waals surface area contributed by atoms with Gasteiger partial charge in [-0.05, 0) is 12.1 Å². The molecule has 3 nitrogen and oxygen atoms in total. The van der Waals surface area contributed by atoms with Gasteiger partial charge in [0.05, 0.1) is 23.9 Å². The number of aliphatic hydroxyl groups excluding tert-OH is 1. The van der Waals surface area contributed by atoms with E-state index in [0.717, 1.165) is 17.9 Å². The summed E-state index contributed by atoms with van der Waals surface area (Å²) in [6, 6.07) is 3.87. The third kappa shape index (κ3) is 2.33. The number of aliphatic hydroxyl groups is 1. The maximum atomic E-state index is 9.14. The third-order valence-corrected chi connectivity index (χ3v) is 3.68. The third-order valence-electron chi connectivity index (χ3n) is 2.48. The monoisotopic (exact) mass is 236 g/mol. The number of hydrogen-bond donors (Lipinski definition) is 1. The summed E-state index contributed by atoms with van der Waals surface area (Å²) in [4.78, 5) is 4.58. The van der Waals surface area contributed by atoms with E-state index in [1.54, 1.807) is 11.3 Å². The molecule has 2 aromatic heterocycles. The second-order valence-electron chi connectivity index (χ2n) is 4.12. The predicted molar refractivity (Wildman–Crippen MR) is 65.7 cm³/mol. The van der Waals surface area contributed by atoms with Crippen molar-refractivity contribution in [2.75, 3.05) is 0 Å². The Morgan fingerprint density at radius 1 is 1.50 bits per heavy atom.